The summed E-state index contributed by atoms with van der Waals surface area (Å²) in [5.41, 5.74) is 7.22. The zero-order valence-corrected chi connectivity index (χ0v) is 11.3. The number of aromatic nitrogens is 2. The Hall–Kier alpha value is -1.82. The molecular weight excluding hydrogens is 298 g/mol. The number of nitrogens with zero attached hydrogens (tertiary/aromatic N) is 2. The van der Waals surface area contributed by atoms with Gasteiger partial charge in [0.25, 0.3) is 0 Å². The molecule has 0 spiro atoms. The van der Waals surface area contributed by atoms with Crippen LogP contribution in [0.2, 0.25) is 0 Å². The Bertz CT molecular complexity index is 580. The number of carbonyl (C=O) groups excluding carboxylic acids is 1. The van der Waals surface area contributed by atoms with E-state index in [-0.39, 0.29) is 5.69 Å². The molecule has 0 atom stereocenters. The molecule has 0 aliphatic heterocycles. The van der Waals surface area contributed by atoms with Crippen molar-refractivity contribution in [3.63, 3.8) is 0 Å². The fourth-order valence-electron chi connectivity index (χ4n) is 1.57. The van der Waals surface area contributed by atoms with Gasteiger partial charge in [-0.1, -0.05) is 34.1 Å². The normalized spacial score (nSPS) is 10.3. The van der Waals surface area contributed by atoms with Gasteiger partial charge in [-0.25, -0.2) is 4.79 Å². The van der Waals surface area contributed by atoms with E-state index >= 15 is 0 Å². The number of methoxy groups -OCH3 is 1. The van der Waals surface area contributed by atoms with Crippen LogP contribution in [0, 0.1) is 0 Å². The topological polar surface area (TPSA) is 70.1 Å². The summed E-state index contributed by atoms with van der Waals surface area (Å²) in [7, 11) is 1.30. The minimum absolute atomic E-state index is 0.143. The molecule has 0 aliphatic rings. The third-order valence-corrected chi connectivity index (χ3v) is 3.23. The number of ether oxygens (including phenoxy) is 1. The highest BCUT2D eigenvalue weighted by Crippen LogP contribution is 2.18. The lowest BCUT2D eigenvalue weighted by atomic mass is 10.2. The van der Waals surface area contributed by atoms with Gasteiger partial charge in [0, 0.05) is 10.7 Å². The lowest BCUT2D eigenvalue weighted by molar-refractivity contribution is 0.0594. The number of hydrogen-bond acceptors (Lipinski definition) is 4. The van der Waals surface area contributed by atoms with Crippen molar-refractivity contribution in [2.45, 2.75) is 6.54 Å². The van der Waals surface area contributed by atoms with Crippen LogP contribution in [-0.2, 0) is 11.3 Å². The highest BCUT2D eigenvalue weighted by molar-refractivity contribution is 9.10. The highest BCUT2D eigenvalue weighted by Gasteiger charge is 2.15. The van der Waals surface area contributed by atoms with E-state index in [1.807, 2.05) is 24.3 Å². The molecule has 2 rings (SSSR count). The van der Waals surface area contributed by atoms with Crippen molar-refractivity contribution in [2.24, 2.45) is 0 Å². The van der Waals surface area contributed by atoms with E-state index in [9.17, 15) is 4.79 Å². The van der Waals surface area contributed by atoms with Crippen LogP contribution in [0.3, 0.4) is 0 Å². The predicted octanol–water partition coefficient (Wildman–Crippen LogP) is 2.06. The second kappa shape index (κ2) is 5.22. The second-order valence-electron chi connectivity index (χ2n) is 3.71. The molecule has 1 heterocycles. The molecule has 0 aliphatic carbocycles. The van der Waals surface area contributed by atoms with Gasteiger partial charge in [0.05, 0.1) is 19.3 Å². The van der Waals surface area contributed by atoms with Gasteiger partial charge in [0.15, 0.2) is 5.69 Å². The van der Waals surface area contributed by atoms with Crippen LogP contribution < -0.4 is 5.73 Å². The van der Waals surface area contributed by atoms with Crippen LogP contribution >= 0.6 is 15.9 Å². The van der Waals surface area contributed by atoms with Crippen LogP contribution in [-0.4, -0.2) is 22.9 Å². The average molecular weight is 310 g/mol. The Morgan fingerprint density at radius 2 is 2.22 bits per heavy atom. The molecule has 0 amide bonds. The van der Waals surface area contributed by atoms with Gasteiger partial charge < -0.3 is 10.5 Å². The van der Waals surface area contributed by atoms with Gasteiger partial charge in [0.1, 0.15) is 0 Å². The number of halogens is 1. The van der Waals surface area contributed by atoms with E-state index in [4.69, 9.17) is 5.73 Å². The first-order valence-electron chi connectivity index (χ1n) is 5.26. The third kappa shape index (κ3) is 2.53. The monoisotopic (exact) mass is 309 g/mol. The number of hydrogen-bond donors (Lipinski definition) is 1. The fraction of sp³-hybridized carbons (Fsp3) is 0.167. The Labute approximate surface area is 113 Å². The molecule has 5 nitrogen and oxygen atoms in total. The van der Waals surface area contributed by atoms with E-state index in [0.717, 1.165) is 10.0 Å². The van der Waals surface area contributed by atoms with Crippen LogP contribution in [0.5, 0.6) is 0 Å². The predicted molar refractivity (Wildman–Crippen MR) is 71.2 cm³/mol. The molecule has 0 saturated carbocycles. The Balaban J connectivity index is 2.26. The molecule has 18 heavy (non-hydrogen) atoms. The van der Waals surface area contributed by atoms with E-state index < -0.39 is 5.97 Å². The smallest absolute Gasteiger partial charge is 0.360 e. The first-order valence-corrected chi connectivity index (χ1v) is 6.05. The molecule has 1 aromatic carbocycles. The third-order valence-electron chi connectivity index (χ3n) is 2.46. The average Bonchev–Trinajstić information content (AvgIpc) is 2.72. The standard InChI is InChI=1S/C12H12BrN3O2/c1-18-12(17)11-10(14)7-16(15-11)6-8-4-2-3-5-9(8)13/h2-5,7H,6,14H2,1H3. The largest absolute Gasteiger partial charge is 0.464 e. The summed E-state index contributed by atoms with van der Waals surface area (Å²) < 4.78 is 7.20. The van der Waals surface area contributed by atoms with Gasteiger partial charge in [-0.3, -0.25) is 4.68 Å². The van der Waals surface area contributed by atoms with Crippen molar-refractivity contribution in [2.75, 3.05) is 12.8 Å². The van der Waals surface area contributed by atoms with Crippen LogP contribution in [0.4, 0.5) is 5.69 Å². The van der Waals surface area contributed by atoms with Crippen LogP contribution in [0.25, 0.3) is 0 Å². The van der Waals surface area contributed by atoms with Crippen molar-refractivity contribution in [3.05, 3.63) is 46.2 Å². The number of rotatable bonds is 3. The van der Waals surface area contributed by atoms with E-state index in [0.29, 0.717) is 12.2 Å². The molecule has 6 heteroatoms. The maximum atomic E-state index is 11.4. The summed E-state index contributed by atoms with van der Waals surface area (Å²) in [6.07, 6.45) is 1.62. The summed E-state index contributed by atoms with van der Waals surface area (Å²) in [6, 6.07) is 7.79. The van der Waals surface area contributed by atoms with Crippen molar-refractivity contribution < 1.29 is 9.53 Å². The van der Waals surface area contributed by atoms with Crippen LogP contribution in [0.15, 0.2) is 34.9 Å². The molecule has 2 N–H and O–H groups in total. The summed E-state index contributed by atoms with van der Waals surface area (Å²) in [4.78, 5) is 11.4. The Morgan fingerprint density at radius 3 is 2.89 bits per heavy atom. The lowest BCUT2D eigenvalue weighted by Gasteiger charge is -2.03. The van der Waals surface area contributed by atoms with Crippen molar-refractivity contribution in [3.8, 4) is 0 Å². The maximum absolute atomic E-state index is 11.4. The molecule has 0 saturated heterocycles. The molecule has 2 aromatic rings. The molecule has 0 fully saturated rings. The maximum Gasteiger partial charge on any atom is 0.360 e. The SMILES string of the molecule is COC(=O)c1nn(Cc2ccccc2Br)cc1N. The zero-order chi connectivity index (χ0) is 13.1. The van der Waals surface area contributed by atoms with Crippen molar-refractivity contribution >= 4 is 27.6 Å². The molecule has 0 radical (unpaired) electrons. The van der Waals surface area contributed by atoms with E-state index in [1.54, 1.807) is 10.9 Å². The number of anilines is 1. The van der Waals surface area contributed by atoms with Crippen LogP contribution in [0.1, 0.15) is 16.1 Å². The fourth-order valence-corrected chi connectivity index (χ4v) is 1.98. The van der Waals surface area contributed by atoms with Gasteiger partial charge in [0.2, 0.25) is 0 Å². The van der Waals surface area contributed by atoms with Crippen molar-refractivity contribution in [1.29, 1.82) is 0 Å². The highest BCUT2D eigenvalue weighted by atomic mass is 79.9. The molecule has 0 bridgehead atoms. The first-order chi connectivity index (χ1) is 8.61. The number of esters is 1. The van der Waals surface area contributed by atoms with E-state index in [1.165, 1.54) is 7.11 Å². The summed E-state index contributed by atoms with van der Waals surface area (Å²) in [6.45, 7) is 0.530. The summed E-state index contributed by atoms with van der Waals surface area (Å²) in [5.74, 6) is -0.529. The lowest BCUT2D eigenvalue weighted by Crippen LogP contribution is -2.07. The number of carbonyl (C=O) groups is 1. The minimum Gasteiger partial charge on any atom is -0.464 e. The quantitative estimate of drug-likeness (QED) is 0.881. The number of nitrogens with two attached hydrogens (primary N) is 1. The second-order valence-corrected chi connectivity index (χ2v) is 4.57. The van der Waals surface area contributed by atoms with Gasteiger partial charge in [-0.15, -0.1) is 0 Å². The van der Waals surface area contributed by atoms with E-state index in [2.05, 4.69) is 25.8 Å². The van der Waals surface area contributed by atoms with Gasteiger partial charge in [-0.05, 0) is 11.6 Å². The number of benzene rings is 1. The molecule has 94 valence electrons. The first kappa shape index (κ1) is 12.6. The minimum atomic E-state index is -0.529. The molecular formula is C12H12BrN3O2. The molecule has 0 unspecified atom stereocenters. The molecule has 1 aromatic heterocycles. The van der Waals surface area contributed by atoms with Crippen molar-refractivity contribution in [1.82, 2.24) is 9.78 Å². The number of nitrogen functional groups attached to an aromatic ring is 1. The van der Waals surface area contributed by atoms with Gasteiger partial charge >= 0.3 is 5.97 Å². The Kier molecular flexibility index (Phi) is 3.66. The summed E-state index contributed by atoms with van der Waals surface area (Å²) >= 11 is 3.46. The zero-order valence-electron chi connectivity index (χ0n) is 9.76. The Morgan fingerprint density at radius 1 is 1.50 bits per heavy atom. The van der Waals surface area contributed by atoms with Gasteiger partial charge in [-0.2, -0.15) is 5.10 Å². The summed E-state index contributed by atoms with van der Waals surface area (Å²) in [5, 5.41) is 4.11.